The Morgan fingerprint density at radius 2 is 1.73 bits per heavy atom. The largest absolute Gasteiger partial charge is 0.387 e. The highest BCUT2D eigenvalue weighted by Gasteiger charge is 2.46. The van der Waals surface area contributed by atoms with E-state index in [0.717, 1.165) is 16.7 Å². The van der Waals surface area contributed by atoms with Crippen molar-refractivity contribution >= 4 is 45.8 Å². The van der Waals surface area contributed by atoms with Gasteiger partial charge in [-0.2, -0.15) is 0 Å². The van der Waals surface area contributed by atoms with Crippen LogP contribution < -0.4 is 4.90 Å². The Bertz CT molecular complexity index is 1180. The maximum Gasteiger partial charge on any atom is 0.253 e. The molecule has 1 aromatic heterocycles. The number of amides is 1. The van der Waals surface area contributed by atoms with Gasteiger partial charge in [0.1, 0.15) is 12.1 Å². The third-order valence-electron chi connectivity index (χ3n) is 6.63. The Labute approximate surface area is 202 Å². The Morgan fingerprint density at radius 1 is 1.03 bits per heavy atom. The van der Waals surface area contributed by atoms with E-state index in [-0.39, 0.29) is 11.9 Å². The van der Waals surface area contributed by atoms with Gasteiger partial charge in [-0.25, -0.2) is 9.97 Å². The first-order chi connectivity index (χ1) is 15.8. The zero-order valence-electron chi connectivity index (χ0n) is 18.3. The lowest BCUT2D eigenvalue weighted by molar-refractivity contribution is -0.0150. The van der Waals surface area contributed by atoms with Crippen LogP contribution in [0.4, 0.5) is 5.82 Å². The normalized spacial score (nSPS) is 23.9. The summed E-state index contributed by atoms with van der Waals surface area (Å²) in [7, 11) is 0. The highest BCUT2D eigenvalue weighted by Crippen LogP contribution is 2.33. The zero-order chi connectivity index (χ0) is 23.2. The second-order valence-corrected chi connectivity index (χ2v) is 9.82. The molecule has 2 saturated heterocycles. The molecule has 2 fully saturated rings. The lowest BCUT2D eigenvalue weighted by Crippen LogP contribution is -2.57. The molecule has 33 heavy (non-hydrogen) atoms. The molecule has 0 spiro atoms. The molecule has 172 valence electrons. The number of hydrogen-bond donors (Lipinski definition) is 1. The van der Waals surface area contributed by atoms with E-state index in [9.17, 15) is 9.90 Å². The van der Waals surface area contributed by atoms with Crippen molar-refractivity contribution in [2.45, 2.75) is 18.6 Å². The molecule has 2 atom stereocenters. The molecule has 0 saturated carbocycles. The molecule has 1 amide bonds. The van der Waals surface area contributed by atoms with Crippen molar-refractivity contribution in [2.75, 3.05) is 44.2 Å². The predicted octanol–water partition coefficient (Wildman–Crippen LogP) is 3.33. The number of anilines is 1. The summed E-state index contributed by atoms with van der Waals surface area (Å²) in [6, 6.07) is 12.5. The molecule has 5 rings (SSSR count). The number of nitrogens with zero attached hydrogens (tertiary/aromatic N) is 5. The number of carbonyl (C=O) groups excluding carboxylic acids is 1. The minimum absolute atomic E-state index is 0.0113. The second-order valence-electron chi connectivity index (χ2n) is 8.95. The van der Waals surface area contributed by atoms with Gasteiger partial charge in [0.25, 0.3) is 5.91 Å². The maximum atomic E-state index is 12.8. The number of carbonyl (C=O) groups is 1. The molecule has 1 N–H and O–H groups in total. The average molecular weight is 486 g/mol. The number of halogens is 2. The molecule has 3 heterocycles. The van der Waals surface area contributed by atoms with Crippen LogP contribution in [-0.2, 0) is 0 Å². The zero-order valence-corrected chi connectivity index (χ0v) is 19.8. The molecule has 9 heteroatoms. The highest BCUT2D eigenvalue weighted by atomic mass is 35.5. The van der Waals surface area contributed by atoms with Gasteiger partial charge < -0.3 is 14.9 Å². The van der Waals surface area contributed by atoms with E-state index in [1.165, 1.54) is 6.33 Å². The third kappa shape index (κ3) is 4.38. The summed E-state index contributed by atoms with van der Waals surface area (Å²) in [6.45, 7) is 5.63. The Kier molecular flexibility index (Phi) is 5.91. The van der Waals surface area contributed by atoms with E-state index in [1.54, 1.807) is 24.3 Å². The van der Waals surface area contributed by atoms with Crippen molar-refractivity contribution in [3.8, 4) is 0 Å². The molecule has 0 radical (unpaired) electrons. The first-order valence-corrected chi connectivity index (χ1v) is 11.7. The fraction of sp³-hybridized carbons (Fsp3) is 0.375. The van der Waals surface area contributed by atoms with Crippen LogP contribution in [0, 0.1) is 0 Å². The SMILES string of the molecule is C[C@@]1(O)CN(c2ncnc3cc(Cl)ccc23)C[C@H]1N1CCN(C(=O)c2ccc(Cl)cc2)CC1. The lowest BCUT2D eigenvalue weighted by Gasteiger charge is -2.41. The lowest BCUT2D eigenvalue weighted by atomic mass is 9.98. The number of benzene rings is 2. The van der Waals surface area contributed by atoms with E-state index in [4.69, 9.17) is 23.2 Å². The number of piperazine rings is 1. The summed E-state index contributed by atoms with van der Waals surface area (Å²) >= 11 is 12.1. The summed E-state index contributed by atoms with van der Waals surface area (Å²) in [5, 5.41) is 13.5. The van der Waals surface area contributed by atoms with Crippen LogP contribution in [0.3, 0.4) is 0 Å². The number of rotatable bonds is 3. The standard InChI is InChI=1S/C24H25Cl2N5O2/c1-24(33)14-31(22-19-7-6-18(26)12-20(19)27-15-28-22)13-21(24)29-8-10-30(11-9-29)23(32)16-2-4-17(25)5-3-16/h2-7,12,15,21,33H,8-11,13-14H2,1H3/t21-,24-/m1/s1. The molecule has 0 bridgehead atoms. The van der Waals surface area contributed by atoms with E-state index in [1.807, 2.05) is 30.0 Å². The molecule has 2 aliphatic rings. The Balaban J connectivity index is 1.29. The van der Waals surface area contributed by atoms with Crippen LogP contribution >= 0.6 is 23.2 Å². The Hall–Kier alpha value is -2.45. The third-order valence-corrected chi connectivity index (χ3v) is 7.12. The van der Waals surface area contributed by atoms with E-state index >= 15 is 0 Å². The minimum Gasteiger partial charge on any atom is -0.387 e. The van der Waals surface area contributed by atoms with Gasteiger partial charge in [-0.3, -0.25) is 9.69 Å². The van der Waals surface area contributed by atoms with Crippen molar-refractivity contribution in [3.05, 3.63) is 64.4 Å². The van der Waals surface area contributed by atoms with Crippen molar-refractivity contribution in [1.29, 1.82) is 0 Å². The number of aromatic nitrogens is 2. The molecule has 2 aromatic carbocycles. The van der Waals surface area contributed by atoms with Crippen molar-refractivity contribution in [1.82, 2.24) is 19.8 Å². The monoisotopic (exact) mass is 485 g/mol. The van der Waals surface area contributed by atoms with Gasteiger partial charge in [0.2, 0.25) is 0 Å². The minimum atomic E-state index is -0.911. The molecular formula is C24H25Cl2N5O2. The van der Waals surface area contributed by atoms with Gasteiger partial charge in [0.15, 0.2) is 0 Å². The fourth-order valence-corrected chi connectivity index (χ4v) is 5.20. The summed E-state index contributed by atoms with van der Waals surface area (Å²) in [4.78, 5) is 28.0. The summed E-state index contributed by atoms with van der Waals surface area (Å²) < 4.78 is 0. The van der Waals surface area contributed by atoms with E-state index in [2.05, 4.69) is 19.8 Å². The van der Waals surface area contributed by atoms with Gasteiger partial charge in [-0.05, 0) is 49.4 Å². The molecule has 2 aliphatic heterocycles. The van der Waals surface area contributed by atoms with Gasteiger partial charge in [-0.1, -0.05) is 23.2 Å². The number of aliphatic hydroxyl groups is 1. The highest BCUT2D eigenvalue weighted by molar-refractivity contribution is 6.31. The van der Waals surface area contributed by atoms with Crippen LogP contribution in [-0.4, -0.2) is 81.7 Å². The van der Waals surface area contributed by atoms with Gasteiger partial charge >= 0.3 is 0 Å². The Morgan fingerprint density at radius 3 is 2.45 bits per heavy atom. The van der Waals surface area contributed by atoms with Crippen molar-refractivity contribution in [2.24, 2.45) is 0 Å². The maximum absolute atomic E-state index is 12.8. The van der Waals surface area contributed by atoms with Gasteiger partial charge in [-0.15, -0.1) is 0 Å². The topological polar surface area (TPSA) is 72.8 Å². The van der Waals surface area contributed by atoms with Gasteiger partial charge in [0.05, 0.1) is 17.2 Å². The smallest absolute Gasteiger partial charge is 0.253 e. The number of fused-ring (bicyclic) bond motifs is 1. The fourth-order valence-electron chi connectivity index (χ4n) is 4.91. The van der Waals surface area contributed by atoms with Crippen LogP contribution in [0.5, 0.6) is 0 Å². The van der Waals surface area contributed by atoms with Crippen molar-refractivity contribution in [3.63, 3.8) is 0 Å². The molecular weight excluding hydrogens is 461 g/mol. The quantitative estimate of drug-likeness (QED) is 0.613. The predicted molar refractivity (Wildman–Crippen MR) is 130 cm³/mol. The first-order valence-electron chi connectivity index (χ1n) is 11.0. The molecule has 0 aliphatic carbocycles. The molecule has 0 unspecified atom stereocenters. The number of β-amino-alcohol motifs (C(OH)–C–C–N with tert-alkyl or cyclic N) is 1. The van der Waals surface area contributed by atoms with E-state index < -0.39 is 5.60 Å². The van der Waals surface area contributed by atoms with Crippen molar-refractivity contribution < 1.29 is 9.90 Å². The molecule has 3 aromatic rings. The van der Waals surface area contributed by atoms with Crippen LogP contribution in [0.25, 0.3) is 10.9 Å². The van der Waals surface area contributed by atoms with Crippen LogP contribution in [0.2, 0.25) is 10.0 Å². The van der Waals surface area contributed by atoms with E-state index in [0.29, 0.717) is 54.9 Å². The van der Waals surface area contributed by atoms with Gasteiger partial charge in [0, 0.05) is 60.3 Å². The summed E-state index contributed by atoms with van der Waals surface area (Å²) in [6.07, 6.45) is 1.54. The number of hydrogen-bond acceptors (Lipinski definition) is 6. The average Bonchev–Trinajstić information content (AvgIpc) is 3.13. The van der Waals surface area contributed by atoms with Crippen LogP contribution in [0.1, 0.15) is 17.3 Å². The van der Waals surface area contributed by atoms with Crippen LogP contribution in [0.15, 0.2) is 48.8 Å². The second kappa shape index (κ2) is 8.72. The summed E-state index contributed by atoms with van der Waals surface area (Å²) in [5.41, 5.74) is 0.513. The molecule has 7 nitrogen and oxygen atoms in total. The first kappa shape index (κ1) is 22.3. The summed E-state index contributed by atoms with van der Waals surface area (Å²) in [5.74, 6) is 0.813.